The van der Waals surface area contributed by atoms with Crippen LogP contribution < -0.4 is 10.7 Å². The Morgan fingerprint density at radius 2 is 1.91 bits per heavy atom. The van der Waals surface area contributed by atoms with E-state index in [1.54, 1.807) is 36.6 Å². The van der Waals surface area contributed by atoms with E-state index >= 15 is 0 Å². The highest BCUT2D eigenvalue weighted by Crippen LogP contribution is 2.39. The predicted octanol–water partition coefficient (Wildman–Crippen LogP) is 4.05. The van der Waals surface area contributed by atoms with Crippen molar-refractivity contribution >= 4 is 51.8 Å². The van der Waals surface area contributed by atoms with Gasteiger partial charge in [0.25, 0.3) is 11.8 Å². The normalized spacial score (nSPS) is 14.6. The molecule has 4 rings (SSSR count). The van der Waals surface area contributed by atoms with E-state index in [4.69, 9.17) is 16.3 Å². The SMILES string of the molecule is C/C(=N\NC(=O)c1ccc(C(=O)NCCN2CCOCC2)s1)c1csc(-c2cccc(Cl)c2)c1O. The van der Waals surface area contributed by atoms with Gasteiger partial charge in [-0.1, -0.05) is 23.7 Å². The van der Waals surface area contributed by atoms with Crippen LogP contribution in [0.2, 0.25) is 5.02 Å². The first-order valence-corrected chi connectivity index (χ1v) is 13.1. The Bertz CT molecular complexity index is 1230. The fourth-order valence-corrected chi connectivity index (χ4v) is 5.52. The van der Waals surface area contributed by atoms with Crippen molar-refractivity contribution in [3.63, 3.8) is 0 Å². The highest BCUT2D eigenvalue weighted by atomic mass is 35.5. The summed E-state index contributed by atoms with van der Waals surface area (Å²) in [5.74, 6) is -0.551. The molecular formula is C24H25ClN4O4S2. The number of hydrazone groups is 1. The first-order chi connectivity index (χ1) is 16.9. The van der Waals surface area contributed by atoms with Gasteiger partial charge in [-0.2, -0.15) is 5.10 Å². The van der Waals surface area contributed by atoms with Crippen LogP contribution >= 0.6 is 34.3 Å². The fraction of sp³-hybridized carbons (Fsp3) is 0.292. The minimum Gasteiger partial charge on any atom is -0.506 e. The van der Waals surface area contributed by atoms with Crippen molar-refractivity contribution in [3.05, 3.63) is 62.1 Å². The number of morpholine rings is 1. The van der Waals surface area contributed by atoms with E-state index in [1.807, 2.05) is 12.1 Å². The molecule has 0 unspecified atom stereocenters. The van der Waals surface area contributed by atoms with E-state index in [2.05, 4.69) is 20.7 Å². The number of nitrogens with zero attached hydrogens (tertiary/aromatic N) is 2. The van der Waals surface area contributed by atoms with Crippen LogP contribution in [-0.4, -0.2) is 66.9 Å². The summed E-state index contributed by atoms with van der Waals surface area (Å²) in [6, 6.07) is 10.4. The average molecular weight is 533 g/mol. The molecule has 0 radical (unpaired) electrons. The molecule has 2 aromatic heterocycles. The van der Waals surface area contributed by atoms with E-state index in [1.165, 1.54) is 11.3 Å². The highest BCUT2D eigenvalue weighted by Gasteiger charge is 2.17. The fourth-order valence-electron chi connectivity index (χ4n) is 3.51. The summed E-state index contributed by atoms with van der Waals surface area (Å²) in [6.07, 6.45) is 0. The number of hydrogen-bond acceptors (Lipinski definition) is 8. The Kier molecular flexibility index (Phi) is 8.53. The maximum atomic E-state index is 12.6. The van der Waals surface area contributed by atoms with Crippen LogP contribution in [0.25, 0.3) is 10.4 Å². The van der Waals surface area contributed by atoms with Crippen LogP contribution in [0.3, 0.4) is 0 Å². The number of thiophene rings is 2. The van der Waals surface area contributed by atoms with Gasteiger partial charge in [0.05, 0.1) is 39.1 Å². The number of amides is 2. The predicted molar refractivity (Wildman–Crippen MR) is 140 cm³/mol. The maximum absolute atomic E-state index is 12.6. The summed E-state index contributed by atoms with van der Waals surface area (Å²) in [6.45, 7) is 6.15. The Labute approximate surface area is 216 Å². The third-order valence-corrected chi connectivity index (χ3v) is 7.77. The van der Waals surface area contributed by atoms with Crippen LogP contribution in [0.15, 0.2) is 46.9 Å². The topological polar surface area (TPSA) is 103 Å². The molecule has 0 bridgehead atoms. The van der Waals surface area contributed by atoms with Crippen molar-refractivity contribution in [1.82, 2.24) is 15.6 Å². The van der Waals surface area contributed by atoms with E-state index in [-0.39, 0.29) is 11.7 Å². The van der Waals surface area contributed by atoms with Gasteiger partial charge in [-0.25, -0.2) is 5.43 Å². The molecule has 8 nitrogen and oxygen atoms in total. The average Bonchev–Trinajstić information content (AvgIpc) is 3.50. The van der Waals surface area contributed by atoms with Crippen LogP contribution in [0.5, 0.6) is 5.75 Å². The molecule has 0 saturated carbocycles. The summed E-state index contributed by atoms with van der Waals surface area (Å²) in [5, 5.41) is 20.1. The molecule has 35 heavy (non-hydrogen) atoms. The van der Waals surface area contributed by atoms with Crippen LogP contribution in [0.1, 0.15) is 31.8 Å². The second kappa shape index (κ2) is 11.8. The quantitative estimate of drug-likeness (QED) is 0.300. The highest BCUT2D eigenvalue weighted by molar-refractivity contribution is 7.16. The zero-order valence-corrected chi connectivity index (χ0v) is 21.4. The molecule has 0 atom stereocenters. The van der Waals surface area contributed by atoms with Crippen molar-refractivity contribution in [2.75, 3.05) is 39.4 Å². The third kappa shape index (κ3) is 6.47. The number of rotatable bonds is 8. The monoisotopic (exact) mass is 532 g/mol. The number of hydrogen-bond donors (Lipinski definition) is 3. The van der Waals surface area contributed by atoms with Crippen molar-refractivity contribution in [2.24, 2.45) is 5.10 Å². The van der Waals surface area contributed by atoms with E-state index in [0.29, 0.717) is 50.7 Å². The smallest absolute Gasteiger partial charge is 0.281 e. The summed E-state index contributed by atoms with van der Waals surface area (Å²) in [5.41, 5.74) is 4.29. The number of halogens is 1. The third-order valence-electron chi connectivity index (χ3n) is 5.44. The maximum Gasteiger partial charge on any atom is 0.281 e. The number of carbonyl (C=O) groups excluding carboxylic acids is 2. The lowest BCUT2D eigenvalue weighted by molar-refractivity contribution is 0.0383. The molecule has 1 fully saturated rings. The zero-order valence-electron chi connectivity index (χ0n) is 19.0. The minimum absolute atomic E-state index is 0.0833. The Hall–Kier alpha value is -2.76. The largest absolute Gasteiger partial charge is 0.506 e. The number of nitrogens with one attached hydrogen (secondary N) is 2. The second-order valence-electron chi connectivity index (χ2n) is 7.85. The van der Waals surface area contributed by atoms with Crippen molar-refractivity contribution < 1.29 is 19.4 Å². The van der Waals surface area contributed by atoms with Gasteiger partial charge < -0.3 is 15.2 Å². The number of ether oxygens (including phenoxy) is 1. The van der Waals surface area contributed by atoms with Gasteiger partial charge in [0.15, 0.2) is 0 Å². The Balaban J connectivity index is 1.33. The van der Waals surface area contributed by atoms with Gasteiger partial charge in [-0.3, -0.25) is 14.5 Å². The summed E-state index contributed by atoms with van der Waals surface area (Å²) in [4.78, 5) is 28.7. The van der Waals surface area contributed by atoms with Gasteiger partial charge in [-0.05, 0) is 36.8 Å². The molecule has 0 spiro atoms. The number of aromatic hydroxyl groups is 1. The molecule has 11 heteroatoms. The van der Waals surface area contributed by atoms with Crippen molar-refractivity contribution in [2.45, 2.75) is 6.92 Å². The van der Waals surface area contributed by atoms with Gasteiger partial charge in [0.1, 0.15) is 5.75 Å². The zero-order chi connectivity index (χ0) is 24.8. The summed E-state index contributed by atoms with van der Waals surface area (Å²) >= 11 is 8.53. The van der Waals surface area contributed by atoms with E-state index in [0.717, 1.165) is 36.5 Å². The molecule has 1 aromatic carbocycles. The molecule has 1 aliphatic rings. The number of benzene rings is 1. The molecule has 1 saturated heterocycles. The first kappa shape index (κ1) is 25.3. The molecule has 0 aliphatic carbocycles. The second-order valence-corrected chi connectivity index (χ2v) is 10.2. The number of carbonyl (C=O) groups is 2. The molecule has 3 heterocycles. The Morgan fingerprint density at radius 1 is 1.17 bits per heavy atom. The molecule has 3 aromatic rings. The lowest BCUT2D eigenvalue weighted by Crippen LogP contribution is -2.41. The lowest BCUT2D eigenvalue weighted by Gasteiger charge is -2.26. The van der Waals surface area contributed by atoms with E-state index < -0.39 is 5.91 Å². The van der Waals surface area contributed by atoms with Gasteiger partial charge in [0.2, 0.25) is 0 Å². The standard InChI is InChI=1S/C24H25ClN4O4S2/c1-15(18-14-34-22(21(18)30)16-3-2-4-17(25)13-16)27-28-24(32)20-6-5-19(35-20)23(31)26-7-8-29-9-11-33-12-10-29/h2-6,13-14,30H,7-12H2,1H3,(H,26,31)(H,28,32)/b27-15+. The molecule has 1 aliphatic heterocycles. The summed E-state index contributed by atoms with van der Waals surface area (Å²) < 4.78 is 5.32. The van der Waals surface area contributed by atoms with Gasteiger partial charge in [0, 0.05) is 36.6 Å². The van der Waals surface area contributed by atoms with Crippen LogP contribution in [0, 0.1) is 0 Å². The molecule has 184 valence electrons. The van der Waals surface area contributed by atoms with Crippen LogP contribution in [0.4, 0.5) is 0 Å². The Morgan fingerprint density at radius 3 is 2.66 bits per heavy atom. The van der Waals surface area contributed by atoms with Crippen LogP contribution in [-0.2, 0) is 4.74 Å². The van der Waals surface area contributed by atoms with Gasteiger partial charge in [-0.15, -0.1) is 22.7 Å². The lowest BCUT2D eigenvalue weighted by atomic mass is 10.1. The van der Waals surface area contributed by atoms with Crippen molar-refractivity contribution in [1.29, 1.82) is 0 Å². The van der Waals surface area contributed by atoms with Crippen molar-refractivity contribution in [3.8, 4) is 16.2 Å². The van der Waals surface area contributed by atoms with Gasteiger partial charge >= 0.3 is 0 Å². The molecule has 3 N–H and O–H groups in total. The summed E-state index contributed by atoms with van der Waals surface area (Å²) in [7, 11) is 0. The first-order valence-electron chi connectivity index (χ1n) is 11.0. The molecule has 2 amide bonds. The van der Waals surface area contributed by atoms with E-state index in [9.17, 15) is 14.7 Å². The molecular weight excluding hydrogens is 508 g/mol. The minimum atomic E-state index is -0.425.